The number of ether oxygens (including phenoxy) is 10. The molecule has 72 heavy (non-hydrogen) atoms. The fraction of sp³-hybridized carbons (Fsp3) is 0.333. The Morgan fingerprint density at radius 1 is 0.417 bits per heavy atom. The van der Waals surface area contributed by atoms with Gasteiger partial charge < -0.3 is 56.5 Å². The van der Waals surface area contributed by atoms with Crippen molar-refractivity contribution < 1.29 is 74.1 Å². The lowest BCUT2D eigenvalue weighted by Gasteiger charge is -2.28. The Morgan fingerprint density at radius 2 is 0.736 bits per heavy atom. The molecule has 0 bridgehead atoms. The van der Waals surface area contributed by atoms with Gasteiger partial charge in [-0.3, -0.25) is 0 Å². The molecule has 18 heteroatoms. The Labute approximate surface area is 416 Å². The Hall–Kier alpha value is -6.50. The minimum absolute atomic E-state index is 0.0810. The van der Waals surface area contributed by atoms with Crippen LogP contribution >= 0.6 is 14.3 Å². The third kappa shape index (κ3) is 8.43. The van der Waals surface area contributed by atoms with Crippen molar-refractivity contribution >= 4 is 46.1 Å². The number of rotatable bonds is 15. The highest BCUT2D eigenvalue weighted by Crippen LogP contribution is 2.63. The van der Waals surface area contributed by atoms with Gasteiger partial charge in [0.1, 0.15) is 23.0 Å². The second-order valence-electron chi connectivity index (χ2n) is 17.7. The van der Waals surface area contributed by atoms with Gasteiger partial charge in [0, 0.05) is 37.6 Å². The Balaban J connectivity index is 1.64. The third-order valence-corrected chi connectivity index (χ3v) is 18.8. The normalized spacial score (nSPS) is 14.3. The zero-order valence-corrected chi connectivity index (χ0v) is 44.3. The van der Waals surface area contributed by atoms with Gasteiger partial charge in [-0.1, -0.05) is 0 Å². The number of halogens is 4. The third-order valence-electron chi connectivity index (χ3n) is 12.8. The van der Waals surface area contributed by atoms with E-state index in [1.165, 1.54) is 40.6 Å². The number of aryl methyl sites for hydroxylation is 8. The van der Waals surface area contributed by atoms with Gasteiger partial charge in [-0.2, -0.15) is 0 Å². The average Bonchev–Trinajstić information content (AvgIpc) is 3.82. The molecule has 0 radical (unpaired) electrons. The highest BCUT2D eigenvalue weighted by molar-refractivity contribution is 7.86. The van der Waals surface area contributed by atoms with Crippen molar-refractivity contribution in [1.29, 1.82) is 0 Å². The average molecular weight is 1030 g/mol. The maximum Gasteiger partial charge on any atom is 0.586 e. The maximum atomic E-state index is 17.4. The van der Waals surface area contributed by atoms with Crippen molar-refractivity contribution in [3.05, 3.63) is 105 Å². The SMILES string of the molecule is CCOc1cc(P(=O)(c2cc(C)c(OC)c(C)c2)c2cc(C)c(OC)c(C)c2)c(-c2cc(P(=O)(c3cc(C)c(OC)c(C)c3)c3cc(C)c(OC)c(C)c3)c(OCC)c3c2OC(F)(F)O3)c2c1OC(F)(F)O2. The van der Waals surface area contributed by atoms with Gasteiger partial charge in [0.25, 0.3) is 0 Å². The minimum atomic E-state index is -4.55. The van der Waals surface area contributed by atoms with Crippen molar-refractivity contribution in [3.8, 4) is 68.6 Å². The van der Waals surface area contributed by atoms with Crippen LogP contribution in [0, 0.1) is 55.4 Å². The van der Waals surface area contributed by atoms with Crippen LogP contribution in [0.2, 0.25) is 0 Å². The molecule has 6 aromatic carbocycles. The van der Waals surface area contributed by atoms with Crippen LogP contribution in [0.3, 0.4) is 0 Å². The number of alkyl halides is 4. The molecule has 2 aliphatic rings. The van der Waals surface area contributed by atoms with E-state index in [-0.39, 0.29) is 56.5 Å². The number of hydrogen-bond acceptors (Lipinski definition) is 12. The second-order valence-corrected chi connectivity index (χ2v) is 23.2. The molecule has 0 unspecified atom stereocenters. The standard InChI is InChI=1S/C54H56F4O12P2/c1-15-65-40-26-41(71(59,35-17-27(3)44(61-11)28(4)18-35)36-19-29(5)45(62-12)30(6)20-36)43(51-49(40)68-54(57,58)69-51)39-25-42(50(66-16-2)52-48(39)67-53(55,56)70-52)72(60,37-21-31(7)46(63-13)32(8)22-37)38-23-33(9)47(64-14)34(10)24-38/h17-26H,15-16H2,1-14H3. The summed E-state index contributed by atoms with van der Waals surface area (Å²) in [7, 11) is -3.02. The molecule has 0 aromatic heterocycles. The predicted molar refractivity (Wildman–Crippen MR) is 270 cm³/mol. The summed E-state index contributed by atoms with van der Waals surface area (Å²) in [6, 6.07) is 15.9. The van der Waals surface area contributed by atoms with E-state index in [2.05, 4.69) is 0 Å². The molecule has 0 saturated heterocycles. The summed E-state index contributed by atoms with van der Waals surface area (Å²) in [5, 5.41) is 0.414. The summed E-state index contributed by atoms with van der Waals surface area (Å²) < 4.78 is 155. The van der Waals surface area contributed by atoms with E-state index in [0.717, 1.165) is 0 Å². The zero-order chi connectivity index (χ0) is 52.6. The van der Waals surface area contributed by atoms with Crippen molar-refractivity contribution in [2.75, 3.05) is 41.7 Å². The van der Waals surface area contributed by atoms with Gasteiger partial charge >= 0.3 is 12.6 Å². The van der Waals surface area contributed by atoms with Crippen LogP contribution in [0.4, 0.5) is 17.6 Å². The van der Waals surface area contributed by atoms with Crippen LogP contribution in [0.15, 0.2) is 60.7 Å². The number of hydrogen-bond donors (Lipinski definition) is 0. The van der Waals surface area contributed by atoms with E-state index in [4.69, 9.17) is 47.4 Å². The van der Waals surface area contributed by atoms with Crippen LogP contribution in [-0.4, -0.2) is 54.2 Å². The van der Waals surface area contributed by atoms with E-state index in [1.807, 2.05) is 0 Å². The van der Waals surface area contributed by atoms with E-state index < -0.39 is 61.0 Å². The molecular weight excluding hydrogens is 979 g/mol. The van der Waals surface area contributed by atoms with E-state index >= 15 is 26.7 Å². The molecule has 2 heterocycles. The highest BCUT2D eigenvalue weighted by Gasteiger charge is 2.54. The van der Waals surface area contributed by atoms with Gasteiger partial charge in [0.2, 0.25) is 11.5 Å². The molecule has 8 rings (SSSR count). The van der Waals surface area contributed by atoms with Gasteiger partial charge in [-0.05, 0) is 174 Å². The molecule has 382 valence electrons. The number of benzene rings is 6. The van der Waals surface area contributed by atoms with Gasteiger partial charge in [-0.15, -0.1) is 17.6 Å². The summed E-state index contributed by atoms with van der Waals surface area (Å²) in [6.45, 7) is 17.1. The molecule has 2 aliphatic heterocycles. The first-order valence-corrected chi connectivity index (χ1v) is 26.4. The summed E-state index contributed by atoms with van der Waals surface area (Å²) in [6.07, 6.45) is -8.77. The van der Waals surface area contributed by atoms with E-state index in [1.54, 1.807) is 118 Å². The monoisotopic (exact) mass is 1030 g/mol. The molecule has 0 saturated carbocycles. The maximum absolute atomic E-state index is 17.4. The fourth-order valence-electron chi connectivity index (χ4n) is 10.2. The molecular formula is C54H56F4O12P2. The lowest BCUT2D eigenvalue weighted by Crippen LogP contribution is -2.30. The Kier molecular flexibility index (Phi) is 13.6. The first-order valence-electron chi connectivity index (χ1n) is 23.0. The lowest BCUT2D eigenvalue weighted by atomic mass is 10.0. The summed E-state index contributed by atoms with van der Waals surface area (Å²) in [5.74, 6) is -1.44. The van der Waals surface area contributed by atoms with Gasteiger partial charge in [0.15, 0.2) is 37.3 Å². The van der Waals surface area contributed by atoms with Crippen molar-refractivity contribution in [2.45, 2.75) is 81.8 Å². The summed E-state index contributed by atoms with van der Waals surface area (Å²) in [4.78, 5) is 0. The largest absolute Gasteiger partial charge is 0.586 e. The van der Waals surface area contributed by atoms with Crippen LogP contribution in [-0.2, 0) is 9.13 Å². The number of fused-ring (bicyclic) bond motifs is 2. The van der Waals surface area contributed by atoms with Gasteiger partial charge in [0.05, 0.1) is 47.0 Å². The van der Waals surface area contributed by atoms with Crippen molar-refractivity contribution in [2.24, 2.45) is 0 Å². The Morgan fingerprint density at radius 3 is 1.08 bits per heavy atom. The smallest absolute Gasteiger partial charge is 0.496 e. The fourth-order valence-corrected chi connectivity index (χ4v) is 16.5. The zero-order valence-electron chi connectivity index (χ0n) is 42.5. The first-order chi connectivity index (χ1) is 33.9. The van der Waals surface area contributed by atoms with Crippen molar-refractivity contribution in [3.63, 3.8) is 0 Å². The van der Waals surface area contributed by atoms with Crippen LogP contribution in [0.25, 0.3) is 11.1 Å². The van der Waals surface area contributed by atoms with Crippen LogP contribution in [0.5, 0.6) is 57.5 Å². The van der Waals surface area contributed by atoms with Crippen LogP contribution < -0.4 is 79.2 Å². The molecule has 0 aliphatic carbocycles. The van der Waals surface area contributed by atoms with Gasteiger partial charge in [-0.25, -0.2) is 0 Å². The van der Waals surface area contributed by atoms with E-state index in [0.29, 0.717) is 67.5 Å². The summed E-state index contributed by atoms with van der Waals surface area (Å²) >= 11 is 0. The minimum Gasteiger partial charge on any atom is -0.496 e. The second kappa shape index (κ2) is 18.8. The van der Waals surface area contributed by atoms with E-state index in [9.17, 15) is 0 Å². The molecule has 12 nitrogen and oxygen atoms in total. The molecule has 0 N–H and O–H groups in total. The topological polar surface area (TPSA) is 126 Å². The quantitative estimate of drug-likeness (QED) is 0.0718. The Bertz CT molecular complexity index is 3080. The number of methoxy groups -OCH3 is 4. The highest BCUT2D eigenvalue weighted by atomic mass is 31.2. The molecule has 0 atom stereocenters. The first kappa shape index (κ1) is 51.8. The van der Waals surface area contributed by atoms with Crippen molar-refractivity contribution in [1.82, 2.24) is 0 Å². The molecule has 0 amide bonds. The summed E-state index contributed by atoms with van der Waals surface area (Å²) in [5.41, 5.74) is 3.80. The molecule has 0 fully saturated rings. The lowest BCUT2D eigenvalue weighted by molar-refractivity contribution is -0.288. The molecule has 6 aromatic rings. The van der Waals surface area contributed by atoms with Crippen LogP contribution in [0.1, 0.15) is 58.4 Å². The predicted octanol–water partition coefficient (Wildman–Crippen LogP) is 10.6. The molecule has 0 spiro atoms.